The number of rotatable bonds is 3. The SMILES string of the molecule is NCc1ccccc1NC(=O)c1ccc(F)cc1Cl. The molecular formula is C14H12ClFN2O. The van der Waals surface area contributed by atoms with Gasteiger partial charge in [0.05, 0.1) is 10.6 Å². The Kier molecular flexibility index (Phi) is 4.14. The van der Waals surface area contributed by atoms with Gasteiger partial charge < -0.3 is 11.1 Å². The van der Waals surface area contributed by atoms with Gasteiger partial charge in [-0.1, -0.05) is 29.8 Å². The molecule has 0 radical (unpaired) electrons. The first-order valence-electron chi connectivity index (χ1n) is 5.66. The van der Waals surface area contributed by atoms with Gasteiger partial charge in [0.2, 0.25) is 0 Å². The molecule has 0 aliphatic carbocycles. The Morgan fingerprint density at radius 1 is 1.26 bits per heavy atom. The van der Waals surface area contributed by atoms with Crippen LogP contribution < -0.4 is 11.1 Å². The van der Waals surface area contributed by atoms with Crippen LogP contribution in [-0.2, 0) is 6.54 Å². The van der Waals surface area contributed by atoms with Crippen LogP contribution in [0.2, 0.25) is 5.02 Å². The van der Waals surface area contributed by atoms with Gasteiger partial charge in [0.1, 0.15) is 5.82 Å². The fraction of sp³-hybridized carbons (Fsp3) is 0.0714. The lowest BCUT2D eigenvalue weighted by molar-refractivity contribution is 0.102. The molecule has 0 saturated heterocycles. The van der Waals surface area contributed by atoms with Gasteiger partial charge >= 0.3 is 0 Å². The molecule has 0 saturated carbocycles. The number of hydrogen-bond acceptors (Lipinski definition) is 2. The fourth-order valence-electron chi connectivity index (χ4n) is 1.68. The van der Waals surface area contributed by atoms with Gasteiger partial charge in [0.25, 0.3) is 5.91 Å². The third kappa shape index (κ3) is 3.10. The standard InChI is InChI=1S/C14H12ClFN2O/c15-12-7-10(16)5-6-11(12)14(19)18-13-4-2-1-3-9(13)8-17/h1-7H,8,17H2,(H,18,19). The second-order valence-corrected chi connectivity index (χ2v) is 4.35. The molecule has 0 unspecified atom stereocenters. The number of halogens is 2. The van der Waals surface area contributed by atoms with Crippen molar-refractivity contribution in [1.82, 2.24) is 0 Å². The Morgan fingerprint density at radius 2 is 2.00 bits per heavy atom. The van der Waals surface area contributed by atoms with Crippen LogP contribution in [0.15, 0.2) is 42.5 Å². The summed E-state index contributed by atoms with van der Waals surface area (Å²) in [7, 11) is 0. The highest BCUT2D eigenvalue weighted by Gasteiger charge is 2.12. The molecule has 1 amide bonds. The van der Waals surface area contributed by atoms with Gasteiger partial charge in [-0.05, 0) is 29.8 Å². The number of nitrogens with one attached hydrogen (secondary N) is 1. The van der Waals surface area contributed by atoms with E-state index >= 15 is 0 Å². The molecule has 98 valence electrons. The Morgan fingerprint density at radius 3 is 2.68 bits per heavy atom. The predicted molar refractivity (Wildman–Crippen MR) is 73.7 cm³/mol. The molecule has 5 heteroatoms. The van der Waals surface area contributed by atoms with E-state index in [1.165, 1.54) is 12.1 Å². The van der Waals surface area contributed by atoms with E-state index < -0.39 is 11.7 Å². The van der Waals surface area contributed by atoms with Crippen LogP contribution in [0.3, 0.4) is 0 Å². The molecule has 0 fully saturated rings. The molecule has 0 heterocycles. The number of carbonyl (C=O) groups excluding carboxylic acids is 1. The van der Waals surface area contributed by atoms with Crippen LogP contribution in [0.25, 0.3) is 0 Å². The quantitative estimate of drug-likeness (QED) is 0.906. The van der Waals surface area contributed by atoms with Crippen molar-refractivity contribution in [3.63, 3.8) is 0 Å². The lowest BCUT2D eigenvalue weighted by atomic mass is 10.1. The number of hydrogen-bond donors (Lipinski definition) is 2. The zero-order chi connectivity index (χ0) is 13.8. The van der Waals surface area contributed by atoms with Crippen molar-refractivity contribution in [3.8, 4) is 0 Å². The molecule has 0 bridgehead atoms. The van der Waals surface area contributed by atoms with Crippen LogP contribution in [0.1, 0.15) is 15.9 Å². The Balaban J connectivity index is 2.26. The smallest absolute Gasteiger partial charge is 0.257 e. The molecule has 2 rings (SSSR count). The van der Waals surface area contributed by atoms with E-state index in [-0.39, 0.29) is 10.6 Å². The van der Waals surface area contributed by atoms with Crippen LogP contribution in [0, 0.1) is 5.82 Å². The first-order chi connectivity index (χ1) is 9.11. The molecule has 0 aliphatic heterocycles. The number of para-hydroxylation sites is 1. The summed E-state index contributed by atoms with van der Waals surface area (Å²) in [5, 5.41) is 2.78. The molecule has 3 nitrogen and oxygen atoms in total. The monoisotopic (exact) mass is 278 g/mol. The number of amides is 1. The first kappa shape index (κ1) is 13.5. The third-order valence-corrected chi connectivity index (χ3v) is 2.97. The summed E-state index contributed by atoms with van der Waals surface area (Å²) >= 11 is 5.84. The van der Waals surface area contributed by atoms with Crippen LogP contribution in [0.5, 0.6) is 0 Å². The molecule has 0 spiro atoms. The zero-order valence-corrected chi connectivity index (χ0v) is 10.7. The molecule has 0 atom stereocenters. The van der Waals surface area contributed by atoms with E-state index in [1.54, 1.807) is 12.1 Å². The minimum atomic E-state index is -0.482. The molecule has 0 aromatic heterocycles. The van der Waals surface area contributed by atoms with E-state index in [2.05, 4.69) is 5.32 Å². The maximum Gasteiger partial charge on any atom is 0.257 e. The number of anilines is 1. The van der Waals surface area contributed by atoms with E-state index in [9.17, 15) is 9.18 Å². The summed E-state index contributed by atoms with van der Waals surface area (Å²) in [5.74, 6) is -0.880. The third-order valence-electron chi connectivity index (χ3n) is 2.66. The van der Waals surface area contributed by atoms with Crippen molar-refractivity contribution >= 4 is 23.2 Å². The summed E-state index contributed by atoms with van der Waals surface area (Å²) in [6.07, 6.45) is 0. The topological polar surface area (TPSA) is 55.1 Å². The van der Waals surface area contributed by atoms with Gasteiger partial charge in [0, 0.05) is 12.2 Å². The van der Waals surface area contributed by atoms with Crippen LogP contribution >= 0.6 is 11.6 Å². The van der Waals surface area contributed by atoms with Gasteiger partial charge in [-0.15, -0.1) is 0 Å². The lowest BCUT2D eigenvalue weighted by Gasteiger charge is -2.10. The van der Waals surface area contributed by atoms with Gasteiger partial charge in [-0.3, -0.25) is 4.79 Å². The molecule has 2 aromatic rings. The maximum absolute atomic E-state index is 12.9. The second kappa shape index (κ2) is 5.82. The van der Waals surface area contributed by atoms with Crippen LogP contribution in [0.4, 0.5) is 10.1 Å². The van der Waals surface area contributed by atoms with Gasteiger partial charge in [0.15, 0.2) is 0 Å². The van der Waals surface area contributed by atoms with Crippen LogP contribution in [-0.4, -0.2) is 5.91 Å². The van der Waals surface area contributed by atoms with E-state index in [4.69, 9.17) is 17.3 Å². The number of benzene rings is 2. The normalized spacial score (nSPS) is 10.3. The average molecular weight is 279 g/mol. The first-order valence-corrected chi connectivity index (χ1v) is 6.04. The van der Waals surface area contributed by atoms with Crippen molar-refractivity contribution < 1.29 is 9.18 Å². The fourth-order valence-corrected chi connectivity index (χ4v) is 1.94. The van der Waals surface area contributed by atoms with E-state index in [0.717, 1.165) is 11.6 Å². The predicted octanol–water partition coefficient (Wildman–Crippen LogP) is 3.19. The molecule has 0 aliphatic rings. The molecular weight excluding hydrogens is 267 g/mol. The van der Waals surface area contributed by atoms with Crippen molar-refractivity contribution in [2.45, 2.75) is 6.54 Å². The van der Waals surface area contributed by atoms with Crippen molar-refractivity contribution in [3.05, 3.63) is 64.4 Å². The van der Waals surface area contributed by atoms with E-state index in [0.29, 0.717) is 12.2 Å². The molecule has 3 N–H and O–H groups in total. The largest absolute Gasteiger partial charge is 0.326 e. The summed E-state index contributed by atoms with van der Waals surface area (Å²) in [6.45, 7) is 0.313. The minimum absolute atomic E-state index is 0.0720. The summed E-state index contributed by atoms with van der Waals surface area (Å²) in [4.78, 5) is 12.1. The Bertz CT molecular complexity index is 616. The van der Waals surface area contributed by atoms with Crippen molar-refractivity contribution in [2.75, 3.05) is 5.32 Å². The minimum Gasteiger partial charge on any atom is -0.326 e. The average Bonchev–Trinajstić information content (AvgIpc) is 2.39. The summed E-state index contributed by atoms with van der Waals surface area (Å²) < 4.78 is 12.9. The van der Waals surface area contributed by atoms with Gasteiger partial charge in [-0.2, -0.15) is 0 Å². The number of carbonyl (C=O) groups is 1. The van der Waals surface area contributed by atoms with Crippen molar-refractivity contribution in [2.24, 2.45) is 5.73 Å². The zero-order valence-electron chi connectivity index (χ0n) is 9.99. The highest BCUT2D eigenvalue weighted by Crippen LogP contribution is 2.20. The summed E-state index contributed by atoms with van der Waals surface area (Å²) in [6, 6.07) is 10.8. The second-order valence-electron chi connectivity index (χ2n) is 3.94. The number of nitrogens with two attached hydrogens (primary N) is 1. The molecule has 2 aromatic carbocycles. The lowest BCUT2D eigenvalue weighted by Crippen LogP contribution is -2.14. The van der Waals surface area contributed by atoms with Gasteiger partial charge in [-0.25, -0.2) is 4.39 Å². The highest BCUT2D eigenvalue weighted by molar-refractivity contribution is 6.34. The maximum atomic E-state index is 12.9. The molecule has 19 heavy (non-hydrogen) atoms. The van der Waals surface area contributed by atoms with E-state index in [1.807, 2.05) is 12.1 Å². The van der Waals surface area contributed by atoms with Crippen molar-refractivity contribution in [1.29, 1.82) is 0 Å². The Hall–Kier alpha value is -1.91. The highest BCUT2D eigenvalue weighted by atomic mass is 35.5. The summed E-state index contributed by atoms with van der Waals surface area (Å²) in [5.41, 5.74) is 7.24. The Labute approximate surface area is 115 Å².